The highest BCUT2D eigenvalue weighted by molar-refractivity contribution is 7.13. The number of carboxylic acid groups (broad SMARTS) is 1. The fraction of sp³-hybridized carbons (Fsp3) is 0.381. The van der Waals surface area contributed by atoms with E-state index in [4.69, 9.17) is 5.11 Å². The molecular weight excluding hydrogens is 388 g/mol. The van der Waals surface area contributed by atoms with Gasteiger partial charge in [-0.2, -0.15) is 0 Å². The molecule has 3 N–H and O–H groups in total. The summed E-state index contributed by atoms with van der Waals surface area (Å²) in [6, 6.07) is 8.46. The van der Waals surface area contributed by atoms with Crippen molar-refractivity contribution in [3.05, 3.63) is 47.1 Å². The largest absolute Gasteiger partial charge is 0.481 e. The summed E-state index contributed by atoms with van der Waals surface area (Å²) in [6.07, 6.45) is 4.18. The third kappa shape index (κ3) is 4.83. The smallest absolute Gasteiger partial charge is 0.303 e. The molecule has 1 saturated heterocycles. The molecule has 0 atom stereocenters. The number of aromatic nitrogens is 2. The highest BCUT2D eigenvalue weighted by Gasteiger charge is 2.23. The Balaban J connectivity index is 1.28. The summed E-state index contributed by atoms with van der Waals surface area (Å²) in [5.74, 6) is -0.717. The zero-order chi connectivity index (χ0) is 20.2. The van der Waals surface area contributed by atoms with E-state index < -0.39 is 5.97 Å². The summed E-state index contributed by atoms with van der Waals surface area (Å²) in [7, 11) is 0. The predicted octanol–water partition coefficient (Wildman–Crippen LogP) is 3.81. The van der Waals surface area contributed by atoms with Crippen LogP contribution < -0.4 is 5.32 Å². The van der Waals surface area contributed by atoms with Gasteiger partial charge in [-0.3, -0.25) is 14.5 Å². The Bertz CT molecular complexity index is 1000. The number of carboxylic acids is 1. The molecule has 0 spiro atoms. The first kappa shape index (κ1) is 19.6. The minimum absolute atomic E-state index is 0.0361. The molecule has 0 aliphatic carbocycles. The third-order valence-corrected chi connectivity index (χ3v) is 6.20. The topological polar surface area (TPSA) is 98.3 Å². The molecule has 0 saturated carbocycles. The Hall–Kier alpha value is -2.71. The quantitative estimate of drug-likeness (QED) is 0.548. The molecule has 1 aliphatic rings. The van der Waals surface area contributed by atoms with Crippen molar-refractivity contribution >= 4 is 39.2 Å². The van der Waals surface area contributed by atoms with E-state index >= 15 is 0 Å². The van der Waals surface area contributed by atoms with Crippen molar-refractivity contribution in [3.63, 3.8) is 0 Å². The number of carbonyl (C=O) groups excluding carboxylic acids is 1. The number of amides is 1. The van der Waals surface area contributed by atoms with E-state index in [9.17, 15) is 9.59 Å². The number of nitrogens with one attached hydrogen (secondary N) is 2. The molecule has 8 heteroatoms. The molecule has 29 heavy (non-hydrogen) atoms. The van der Waals surface area contributed by atoms with Crippen LogP contribution >= 0.6 is 11.3 Å². The van der Waals surface area contributed by atoms with E-state index in [1.165, 1.54) is 27.8 Å². The number of para-hydroxylation sites is 1. The van der Waals surface area contributed by atoms with E-state index in [1.807, 2.05) is 5.38 Å². The number of carbonyl (C=O) groups is 2. The Morgan fingerprint density at radius 2 is 2.03 bits per heavy atom. The van der Waals surface area contributed by atoms with Gasteiger partial charge in [-0.15, -0.1) is 11.3 Å². The van der Waals surface area contributed by atoms with Gasteiger partial charge in [-0.25, -0.2) is 4.98 Å². The van der Waals surface area contributed by atoms with Crippen molar-refractivity contribution in [2.24, 2.45) is 0 Å². The van der Waals surface area contributed by atoms with Gasteiger partial charge in [-0.1, -0.05) is 18.2 Å². The molecule has 0 bridgehead atoms. The number of benzene rings is 1. The third-order valence-electron chi connectivity index (χ3n) is 5.40. The predicted molar refractivity (Wildman–Crippen MR) is 113 cm³/mol. The highest BCUT2D eigenvalue weighted by Crippen LogP contribution is 2.33. The first-order valence-electron chi connectivity index (χ1n) is 9.83. The molecular formula is C21H24N4O3S. The van der Waals surface area contributed by atoms with Crippen LogP contribution in [-0.2, 0) is 16.1 Å². The molecule has 3 heterocycles. The van der Waals surface area contributed by atoms with Crippen LogP contribution in [0.4, 0.5) is 5.13 Å². The van der Waals surface area contributed by atoms with Crippen LogP contribution in [0, 0.1) is 0 Å². The van der Waals surface area contributed by atoms with E-state index in [0.29, 0.717) is 11.0 Å². The van der Waals surface area contributed by atoms with Gasteiger partial charge in [0.1, 0.15) is 0 Å². The van der Waals surface area contributed by atoms with E-state index in [2.05, 4.69) is 50.6 Å². The Morgan fingerprint density at radius 3 is 2.83 bits per heavy atom. The number of thiazole rings is 1. The van der Waals surface area contributed by atoms with Gasteiger partial charge < -0.3 is 15.4 Å². The average molecular weight is 413 g/mol. The first-order valence-corrected chi connectivity index (χ1v) is 10.7. The maximum absolute atomic E-state index is 11.7. The SMILES string of the molecule is O=C(O)CCC(=O)Nc1nc(CN2CCC(c3c[nH]c4ccccc34)CC2)cs1. The summed E-state index contributed by atoms with van der Waals surface area (Å²) in [5, 5.41) is 15.1. The standard InChI is InChI=1S/C21H24N4O3S/c26-19(5-6-20(27)28)24-21-23-15(13-29-21)12-25-9-7-14(8-10-25)17-11-22-18-4-2-1-3-16(17)18/h1-4,11,13-14,22H,5-10,12H2,(H,27,28)(H,23,24,26). The molecule has 1 amide bonds. The number of anilines is 1. The normalized spacial score (nSPS) is 15.6. The molecule has 152 valence electrons. The second-order valence-corrected chi connectivity index (χ2v) is 8.28. The van der Waals surface area contributed by atoms with Crippen LogP contribution in [-0.4, -0.2) is 44.9 Å². The lowest BCUT2D eigenvalue weighted by molar-refractivity contribution is -0.138. The average Bonchev–Trinajstić information content (AvgIpc) is 3.34. The van der Waals surface area contributed by atoms with Crippen molar-refractivity contribution in [3.8, 4) is 0 Å². The minimum atomic E-state index is -0.976. The molecule has 1 aliphatic heterocycles. The Labute approximate surface area is 172 Å². The monoisotopic (exact) mass is 412 g/mol. The van der Waals surface area contributed by atoms with Crippen LogP contribution in [0.25, 0.3) is 10.9 Å². The second kappa shape index (κ2) is 8.75. The molecule has 4 rings (SSSR count). The molecule has 0 radical (unpaired) electrons. The fourth-order valence-corrected chi connectivity index (χ4v) is 4.62. The number of H-pyrrole nitrogens is 1. The number of rotatable bonds is 7. The van der Waals surface area contributed by atoms with Gasteiger partial charge >= 0.3 is 5.97 Å². The van der Waals surface area contributed by atoms with Crippen molar-refractivity contribution in [2.75, 3.05) is 18.4 Å². The second-order valence-electron chi connectivity index (χ2n) is 7.43. The number of fused-ring (bicyclic) bond motifs is 1. The van der Waals surface area contributed by atoms with Crippen LogP contribution in [0.3, 0.4) is 0 Å². The number of piperidine rings is 1. The van der Waals surface area contributed by atoms with Crippen molar-refractivity contribution in [1.29, 1.82) is 0 Å². The van der Waals surface area contributed by atoms with Crippen LogP contribution in [0.15, 0.2) is 35.8 Å². The summed E-state index contributed by atoms with van der Waals surface area (Å²) in [4.78, 5) is 32.5. The molecule has 3 aromatic rings. The Kier molecular flexibility index (Phi) is 5.92. The lowest BCUT2D eigenvalue weighted by Crippen LogP contribution is -2.32. The number of likely N-dealkylation sites (tertiary alicyclic amines) is 1. The summed E-state index contributed by atoms with van der Waals surface area (Å²) >= 11 is 1.38. The fourth-order valence-electron chi connectivity index (χ4n) is 3.90. The van der Waals surface area contributed by atoms with Crippen molar-refractivity contribution < 1.29 is 14.7 Å². The van der Waals surface area contributed by atoms with Gasteiger partial charge in [0.25, 0.3) is 0 Å². The van der Waals surface area contributed by atoms with Crippen LogP contribution in [0.5, 0.6) is 0 Å². The van der Waals surface area contributed by atoms with Gasteiger partial charge in [0.05, 0.1) is 12.1 Å². The van der Waals surface area contributed by atoms with Crippen molar-refractivity contribution in [2.45, 2.75) is 38.1 Å². The number of aromatic amines is 1. The molecule has 7 nitrogen and oxygen atoms in total. The van der Waals surface area contributed by atoms with Gasteiger partial charge in [0, 0.05) is 35.4 Å². The number of nitrogens with zero attached hydrogens (tertiary/aromatic N) is 2. The number of hydrogen-bond acceptors (Lipinski definition) is 5. The number of hydrogen-bond donors (Lipinski definition) is 3. The van der Waals surface area contributed by atoms with Crippen molar-refractivity contribution in [1.82, 2.24) is 14.9 Å². The Morgan fingerprint density at radius 1 is 1.24 bits per heavy atom. The lowest BCUT2D eigenvalue weighted by atomic mass is 9.89. The zero-order valence-corrected chi connectivity index (χ0v) is 16.9. The van der Waals surface area contributed by atoms with Gasteiger partial charge in [0.2, 0.25) is 5.91 Å². The van der Waals surface area contributed by atoms with E-state index in [0.717, 1.165) is 38.2 Å². The lowest BCUT2D eigenvalue weighted by Gasteiger charge is -2.31. The minimum Gasteiger partial charge on any atom is -0.481 e. The summed E-state index contributed by atoms with van der Waals surface area (Å²) in [6.45, 7) is 2.80. The molecule has 1 fully saturated rings. The maximum Gasteiger partial charge on any atom is 0.303 e. The highest BCUT2D eigenvalue weighted by atomic mass is 32.1. The van der Waals surface area contributed by atoms with Gasteiger partial charge in [-0.05, 0) is 43.5 Å². The molecule has 1 aromatic carbocycles. The van der Waals surface area contributed by atoms with E-state index in [1.54, 1.807) is 0 Å². The van der Waals surface area contributed by atoms with E-state index in [-0.39, 0.29) is 18.7 Å². The summed E-state index contributed by atoms with van der Waals surface area (Å²) in [5.41, 5.74) is 3.56. The van der Waals surface area contributed by atoms with Gasteiger partial charge in [0.15, 0.2) is 5.13 Å². The summed E-state index contributed by atoms with van der Waals surface area (Å²) < 4.78 is 0. The first-order chi connectivity index (χ1) is 14.1. The molecule has 2 aromatic heterocycles. The number of aliphatic carboxylic acids is 1. The van der Waals surface area contributed by atoms with Crippen LogP contribution in [0.1, 0.15) is 42.9 Å². The zero-order valence-electron chi connectivity index (χ0n) is 16.1. The van der Waals surface area contributed by atoms with Crippen LogP contribution in [0.2, 0.25) is 0 Å². The molecule has 0 unspecified atom stereocenters. The maximum atomic E-state index is 11.7.